The van der Waals surface area contributed by atoms with Gasteiger partial charge in [0.1, 0.15) is 11.8 Å². The number of hydrogen-bond donors (Lipinski definition) is 2. The van der Waals surface area contributed by atoms with E-state index in [9.17, 15) is 4.79 Å². The van der Waals surface area contributed by atoms with Crippen LogP contribution in [0.15, 0.2) is 24.3 Å². The minimum absolute atomic E-state index is 0.0559. The van der Waals surface area contributed by atoms with Crippen molar-refractivity contribution in [1.82, 2.24) is 0 Å². The molecule has 1 rings (SSSR count). The predicted molar refractivity (Wildman–Crippen MR) is 64.8 cm³/mol. The van der Waals surface area contributed by atoms with Crippen molar-refractivity contribution in [2.75, 3.05) is 0 Å². The fourth-order valence-electron chi connectivity index (χ4n) is 1.23. The molecule has 0 saturated heterocycles. The summed E-state index contributed by atoms with van der Waals surface area (Å²) in [5.74, 6) is -0.258. The van der Waals surface area contributed by atoms with Gasteiger partial charge in [-0.05, 0) is 47.0 Å². The Hall–Kier alpha value is -1.07. The molecule has 2 unspecified atom stereocenters. The fourth-order valence-corrected chi connectivity index (χ4v) is 1.45. The lowest BCUT2D eigenvalue weighted by Crippen LogP contribution is -2.32. The van der Waals surface area contributed by atoms with Gasteiger partial charge in [0.15, 0.2) is 5.01 Å². The van der Waals surface area contributed by atoms with Crippen LogP contribution < -0.4 is 10.5 Å². The molecule has 3 N–H and O–H groups in total. The summed E-state index contributed by atoms with van der Waals surface area (Å²) in [5.41, 5.74) is 6.31. The van der Waals surface area contributed by atoms with Gasteiger partial charge in [-0.15, -0.1) is 0 Å². The van der Waals surface area contributed by atoms with Crippen molar-refractivity contribution >= 4 is 21.9 Å². The van der Waals surface area contributed by atoms with Crippen LogP contribution in [0.1, 0.15) is 12.5 Å². The second kappa shape index (κ2) is 5.86. The van der Waals surface area contributed by atoms with E-state index in [4.69, 9.17) is 15.6 Å². The molecule has 0 amide bonds. The van der Waals surface area contributed by atoms with E-state index in [0.29, 0.717) is 6.42 Å². The van der Waals surface area contributed by atoms with Crippen molar-refractivity contribution in [3.05, 3.63) is 29.8 Å². The van der Waals surface area contributed by atoms with E-state index in [2.05, 4.69) is 15.9 Å². The van der Waals surface area contributed by atoms with Crippen molar-refractivity contribution in [2.45, 2.75) is 24.4 Å². The highest BCUT2D eigenvalue weighted by Gasteiger charge is 2.11. The lowest BCUT2D eigenvalue weighted by molar-refractivity contribution is -0.138. The molecule has 0 spiro atoms. The first-order valence-corrected chi connectivity index (χ1v) is 5.78. The molecule has 0 aliphatic carbocycles. The van der Waals surface area contributed by atoms with E-state index in [1.165, 1.54) is 0 Å². The molecule has 1 aromatic rings. The van der Waals surface area contributed by atoms with Gasteiger partial charge in [0.2, 0.25) is 0 Å². The molecule has 0 saturated carbocycles. The third kappa shape index (κ3) is 4.20. The smallest absolute Gasteiger partial charge is 0.320 e. The highest BCUT2D eigenvalue weighted by Crippen LogP contribution is 2.16. The molecule has 0 heterocycles. The number of nitrogens with two attached hydrogens (primary N) is 1. The number of benzene rings is 1. The van der Waals surface area contributed by atoms with Crippen LogP contribution in [0.4, 0.5) is 0 Å². The zero-order valence-electron chi connectivity index (χ0n) is 8.89. The maximum Gasteiger partial charge on any atom is 0.320 e. The first-order valence-electron chi connectivity index (χ1n) is 4.87. The topological polar surface area (TPSA) is 72.5 Å². The van der Waals surface area contributed by atoms with Crippen molar-refractivity contribution in [3.8, 4) is 5.75 Å². The number of hydrogen-bond acceptors (Lipinski definition) is 3. The molecule has 5 heteroatoms. The number of aliphatic carboxylic acids is 1. The molecule has 4 nitrogen and oxygen atoms in total. The lowest BCUT2D eigenvalue weighted by Gasteiger charge is -2.10. The Bertz CT molecular complexity index is 351. The van der Waals surface area contributed by atoms with Gasteiger partial charge < -0.3 is 15.6 Å². The van der Waals surface area contributed by atoms with E-state index >= 15 is 0 Å². The van der Waals surface area contributed by atoms with Crippen LogP contribution in [0.5, 0.6) is 5.75 Å². The molecule has 0 fully saturated rings. The number of carbonyl (C=O) groups is 1. The quantitative estimate of drug-likeness (QED) is 0.810. The summed E-state index contributed by atoms with van der Waals surface area (Å²) < 4.78 is 5.39. The van der Waals surface area contributed by atoms with Crippen molar-refractivity contribution in [3.63, 3.8) is 0 Å². The largest absolute Gasteiger partial charge is 0.480 e. The van der Waals surface area contributed by atoms with Crippen LogP contribution in [-0.4, -0.2) is 22.1 Å². The minimum Gasteiger partial charge on any atom is -0.480 e. The normalized spacial score (nSPS) is 14.2. The van der Waals surface area contributed by atoms with Crippen LogP contribution in [0.2, 0.25) is 0 Å². The SMILES string of the molecule is CC(Br)Oc1ccc(CC(N)C(=O)O)cc1. The van der Waals surface area contributed by atoms with Gasteiger partial charge in [0.25, 0.3) is 0 Å². The maximum atomic E-state index is 10.6. The van der Waals surface area contributed by atoms with Crippen molar-refractivity contribution in [1.29, 1.82) is 0 Å². The minimum atomic E-state index is -0.991. The van der Waals surface area contributed by atoms with Crippen LogP contribution in [0.25, 0.3) is 0 Å². The predicted octanol–water partition coefficient (Wildman–Crippen LogP) is 1.76. The summed E-state index contributed by atoms with van der Waals surface area (Å²) in [6.07, 6.45) is 0.319. The molecule has 1 aromatic carbocycles. The number of halogens is 1. The maximum absolute atomic E-state index is 10.6. The van der Waals surface area contributed by atoms with E-state index < -0.39 is 12.0 Å². The van der Waals surface area contributed by atoms with Gasteiger partial charge in [-0.2, -0.15) is 0 Å². The van der Waals surface area contributed by atoms with Gasteiger partial charge in [0, 0.05) is 0 Å². The summed E-state index contributed by atoms with van der Waals surface area (Å²) in [5, 5.41) is 8.61. The average Bonchev–Trinajstić information content (AvgIpc) is 2.20. The van der Waals surface area contributed by atoms with Crippen LogP contribution in [0, 0.1) is 0 Å². The van der Waals surface area contributed by atoms with Crippen LogP contribution in [0.3, 0.4) is 0 Å². The monoisotopic (exact) mass is 287 g/mol. The van der Waals surface area contributed by atoms with E-state index in [-0.39, 0.29) is 5.01 Å². The molecule has 88 valence electrons. The van der Waals surface area contributed by atoms with Gasteiger partial charge in [-0.25, -0.2) is 0 Å². The molecule has 0 bridgehead atoms. The van der Waals surface area contributed by atoms with Crippen LogP contribution >= 0.6 is 15.9 Å². The zero-order chi connectivity index (χ0) is 12.1. The average molecular weight is 288 g/mol. The first kappa shape index (κ1) is 13.0. The van der Waals surface area contributed by atoms with Gasteiger partial charge >= 0.3 is 5.97 Å². The Morgan fingerprint density at radius 2 is 2.06 bits per heavy atom. The molecule has 0 aromatic heterocycles. The molecule has 16 heavy (non-hydrogen) atoms. The number of carboxylic acids is 1. The Labute approximate surface area is 103 Å². The summed E-state index contributed by atoms with van der Waals surface area (Å²) in [6, 6.07) is 6.35. The van der Waals surface area contributed by atoms with Gasteiger partial charge in [0.05, 0.1) is 0 Å². The Kier molecular flexibility index (Phi) is 4.76. The summed E-state index contributed by atoms with van der Waals surface area (Å²) in [7, 11) is 0. The lowest BCUT2D eigenvalue weighted by atomic mass is 10.1. The van der Waals surface area contributed by atoms with Crippen molar-refractivity contribution in [2.24, 2.45) is 5.73 Å². The molecule has 2 atom stereocenters. The Morgan fingerprint density at radius 1 is 1.50 bits per heavy atom. The standard InChI is InChI=1S/C11H14BrNO3/c1-7(12)16-9-4-2-8(3-5-9)6-10(13)11(14)15/h2-5,7,10H,6,13H2,1H3,(H,14,15). The molecule has 0 radical (unpaired) electrons. The van der Waals surface area contributed by atoms with E-state index in [1.54, 1.807) is 12.1 Å². The first-order chi connectivity index (χ1) is 7.49. The number of ether oxygens (including phenoxy) is 1. The summed E-state index contributed by atoms with van der Waals surface area (Å²) >= 11 is 3.27. The Morgan fingerprint density at radius 3 is 2.50 bits per heavy atom. The summed E-state index contributed by atoms with van der Waals surface area (Å²) in [4.78, 5) is 10.6. The van der Waals surface area contributed by atoms with E-state index in [1.807, 2.05) is 19.1 Å². The second-order valence-electron chi connectivity index (χ2n) is 3.45. The molecule has 0 aliphatic heterocycles. The second-order valence-corrected chi connectivity index (χ2v) is 4.74. The third-order valence-electron chi connectivity index (χ3n) is 1.99. The number of carboxylic acid groups (broad SMARTS) is 1. The Balaban J connectivity index is 2.61. The highest BCUT2D eigenvalue weighted by molar-refractivity contribution is 9.09. The van der Waals surface area contributed by atoms with Gasteiger partial charge in [-0.1, -0.05) is 12.1 Å². The third-order valence-corrected chi connectivity index (χ3v) is 2.18. The molecule has 0 aliphatic rings. The van der Waals surface area contributed by atoms with Crippen LogP contribution in [-0.2, 0) is 11.2 Å². The number of rotatable bonds is 5. The fraction of sp³-hybridized carbons (Fsp3) is 0.364. The van der Waals surface area contributed by atoms with Gasteiger partial charge in [-0.3, -0.25) is 4.79 Å². The number of alkyl halides is 1. The highest BCUT2D eigenvalue weighted by atomic mass is 79.9. The zero-order valence-corrected chi connectivity index (χ0v) is 10.5. The van der Waals surface area contributed by atoms with Crippen molar-refractivity contribution < 1.29 is 14.6 Å². The molecular weight excluding hydrogens is 274 g/mol. The summed E-state index contributed by atoms with van der Waals surface area (Å²) in [6.45, 7) is 1.87. The van der Waals surface area contributed by atoms with E-state index in [0.717, 1.165) is 11.3 Å². The molecular formula is C11H14BrNO3.